The number of hydrogen-bond donors (Lipinski definition) is 0. The van der Waals surface area contributed by atoms with Gasteiger partial charge < -0.3 is 0 Å². The van der Waals surface area contributed by atoms with Gasteiger partial charge in [0.1, 0.15) is 0 Å². The van der Waals surface area contributed by atoms with Gasteiger partial charge >= 0.3 is 52.0 Å². The van der Waals surface area contributed by atoms with Crippen LogP contribution in [-0.4, -0.2) is 22.2 Å². The molecule has 0 aliphatic carbocycles. The van der Waals surface area contributed by atoms with Crippen LogP contribution in [0.3, 0.4) is 0 Å². The molecule has 0 bridgehead atoms. The van der Waals surface area contributed by atoms with Crippen molar-refractivity contribution in [1.82, 2.24) is 4.89 Å². The molecule has 0 fully saturated rings. The summed E-state index contributed by atoms with van der Waals surface area (Å²) in [6.07, 6.45) is 1.81. The van der Waals surface area contributed by atoms with Crippen LogP contribution in [-0.2, 0) is 6.04 Å². The topological polar surface area (TPSA) is 12.9 Å². The average molecular weight is 121 g/mol. The van der Waals surface area contributed by atoms with E-state index in [1.54, 1.807) is 6.20 Å². The van der Waals surface area contributed by atoms with Crippen LogP contribution in [0.2, 0.25) is 0 Å². The van der Waals surface area contributed by atoms with Gasteiger partial charge in [-0.25, -0.2) is 0 Å². The molecule has 1 rings (SSSR count). The molecule has 1 heterocycles. The third-order valence-electron chi connectivity index (χ3n) is 1.13. The Morgan fingerprint density at radius 3 is 3.00 bits per heavy atom. The van der Waals surface area contributed by atoms with E-state index in [-0.39, 0.29) is 0 Å². The second-order valence-corrected chi connectivity index (χ2v) is 2.42. The van der Waals surface area contributed by atoms with E-state index in [0.717, 1.165) is 0 Å². The maximum absolute atomic E-state index is 3.98. The van der Waals surface area contributed by atoms with E-state index < -0.39 is 0 Å². The minimum atomic E-state index is 1.22. The van der Waals surface area contributed by atoms with Gasteiger partial charge in [-0.05, 0) is 0 Å². The predicted molar refractivity (Wildman–Crippen MR) is 39.2 cm³/mol. The van der Waals surface area contributed by atoms with Crippen molar-refractivity contribution < 1.29 is 0 Å². The molecule has 0 N–H and O–H groups in total. The third kappa shape index (κ3) is 1.27. The van der Waals surface area contributed by atoms with E-state index in [4.69, 9.17) is 0 Å². The molecule has 0 saturated carbocycles. The molecule has 0 aliphatic rings. The Labute approximate surface area is 52.8 Å². The van der Waals surface area contributed by atoms with Gasteiger partial charge in [0, 0.05) is 0 Å². The number of hydrogen-bond acceptors (Lipinski definition) is 1. The fraction of sp³-hybridized carbons (Fsp3) is 0.200. The summed E-state index contributed by atoms with van der Waals surface area (Å²) in [6.45, 7) is 0. The zero-order chi connectivity index (χ0) is 5.82. The fourth-order valence-corrected chi connectivity index (χ4v) is 1.03. The second kappa shape index (κ2) is 2.77. The van der Waals surface area contributed by atoms with Crippen molar-refractivity contribution in [2.45, 2.75) is 6.04 Å². The Hall–Kier alpha value is -0.438. The Balaban J connectivity index is 2.83. The molecular weight excluding hydrogens is 113 g/mol. The summed E-state index contributed by atoms with van der Waals surface area (Å²) in [6, 6.07) is 5.31. The quantitative estimate of drug-likeness (QED) is 0.447. The molecule has 0 amide bonds. The van der Waals surface area contributed by atoms with E-state index >= 15 is 0 Å². The van der Waals surface area contributed by atoms with Crippen LogP contribution in [0.15, 0.2) is 18.3 Å². The maximum atomic E-state index is 3.98. The van der Waals surface area contributed by atoms with Gasteiger partial charge in [-0.1, -0.05) is 0 Å². The number of aromatic nitrogens is 1. The predicted octanol–water partition coefficient (Wildman–Crippen LogP) is -0.715. The van der Waals surface area contributed by atoms with Crippen LogP contribution in [0.1, 0.15) is 5.46 Å². The summed E-state index contributed by atoms with van der Waals surface area (Å²) in [7, 11) is 3.16. The van der Waals surface area contributed by atoms with Crippen molar-refractivity contribution in [2.24, 2.45) is 0 Å². The fourth-order valence-electron chi connectivity index (χ4n) is 0.607. The first kappa shape index (κ1) is 5.69. The van der Waals surface area contributed by atoms with Crippen molar-refractivity contribution in [3.8, 4) is 0 Å². The van der Waals surface area contributed by atoms with Gasteiger partial charge in [-0.15, -0.1) is 0 Å². The first-order chi connectivity index (χ1) is 3.93. The molecule has 0 aliphatic heterocycles. The summed E-state index contributed by atoms with van der Waals surface area (Å²) in [5, 5.41) is 0. The monoisotopic (exact) mass is 121 g/mol. The summed E-state index contributed by atoms with van der Waals surface area (Å²) in [4.78, 5) is 3.98. The molecule has 40 valence electrons. The zero-order valence-electron chi connectivity index (χ0n) is 4.96. The average Bonchev–Trinajstić information content (AvgIpc) is 1.90. The summed E-state index contributed by atoms with van der Waals surface area (Å²) in [5.41, 5.74) is 1.36. The molecule has 0 saturated heterocycles. The normalized spacial score (nSPS) is 9.00. The van der Waals surface area contributed by atoms with Crippen molar-refractivity contribution in [3.63, 3.8) is 0 Å². The Morgan fingerprint density at radius 1 is 1.75 bits per heavy atom. The minimum absolute atomic E-state index is 1.22. The molecule has 1 aromatic heterocycles. The van der Waals surface area contributed by atoms with E-state index in [2.05, 4.69) is 11.0 Å². The number of rotatable bonds is 1. The standard InChI is InChI=1S/C5H8BNSi/c8-4-5-2-1-3-7-6-5/h1-3H,4H2,8H3. The van der Waals surface area contributed by atoms with Crippen LogP contribution in [0.5, 0.6) is 0 Å². The first-order valence-electron chi connectivity index (χ1n) is 2.82. The number of nitrogens with zero attached hydrogens (tertiary/aromatic N) is 1. The molecule has 1 nitrogen and oxygen atoms in total. The van der Waals surface area contributed by atoms with Crippen LogP contribution in [0.4, 0.5) is 0 Å². The van der Waals surface area contributed by atoms with E-state index in [0.29, 0.717) is 0 Å². The van der Waals surface area contributed by atoms with Crippen LogP contribution < -0.4 is 0 Å². The van der Waals surface area contributed by atoms with Gasteiger partial charge in [-0.2, -0.15) is 0 Å². The Kier molecular flexibility index (Phi) is 1.97. The molecule has 3 heteroatoms. The molecule has 0 radical (unpaired) electrons. The van der Waals surface area contributed by atoms with Crippen molar-refractivity contribution >= 4 is 17.3 Å². The molecule has 1 aromatic rings. The molecule has 8 heavy (non-hydrogen) atoms. The first-order valence-corrected chi connectivity index (χ1v) is 4.24. The third-order valence-corrected chi connectivity index (χ3v) is 1.95. The van der Waals surface area contributed by atoms with E-state index in [1.165, 1.54) is 21.7 Å². The molecule has 0 unspecified atom stereocenters. The van der Waals surface area contributed by atoms with Crippen molar-refractivity contribution in [1.29, 1.82) is 0 Å². The van der Waals surface area contributed by atoms with Gasteiger partial charge in [0.25, 0.3) is 0 Å². The zero-order valence-corrected chi connectivity index (χ0v) is 6.96. The van der Waals surface area contributed by atoms with Gasteiger partial charge in [0.2, 0.25) is 0 Å². The summed E-state index contributed by atoms with van der Waals surface area (Å²) >= 11 is 0. The van der Waals surface area contributed by atoms with E-state index in [1.807, 2.05) is 13.1 Å². The molecule has 0 aromatic carbocycles. The summed E-state index contributed by atoms with van der Waals surface area (Å²) < 4.78 is 0. The van der Waals surface area contributed by atoms with Crippen LogP contribution in [0.25, 0.3) is 0 Å². The van der Waals surface area contributed by atoms with Crippen LogP contribution >= 0.6 is 0 Å². The Bertz CT molecular complexity index is 154. The van der Waals surface area contributed by atoms with Crippen LogP contribution in [0, 0.1) is 0 Å². The van der Waals surface area contributed by atoms with Crippen molar-refractivity contribution in [3.05, 3.63) is 23.8 Å². The SMILES string of the molecule is [SiH3]Cc1bnccc1. The van der Waals surface area contributed by atoms with Gasteiger partial charge in [0.15, 0.2) is 0 Å². The second-order valence-electron chi connectivity index (χ2n) is 1.71. The molecule has 0 atom stereocenters. The van der Waals surface area contributed by atoms with Gasteiger partial charge in [0.05, 0.1) is 0 Å². The molecule has 0 spiro atoms. The molecular formula is C5H8BNSi. The van der Waals surface area contributed by atoms with E-state index in [9.17, 15) is 0 Å². The Morgan fingerprint density at radius 2 is 2.62 bits per heavy atom. The summed E-state index contributed by atoms with van der Waals surface area (Å²) in [5.74, 6) is 0. The van der Waals surface area contributed by atoms with Gasteiger partial charge in [-0.3, -0.25) is 0 Å². The van der Waals surface area contributed by atoms with Crippen molar-refractivity contribution in [2.75, 3.05) is 0 Å².